The van der Waals surface area contributed by atoms with Gasteiger partial charge in [-0.3, -0.25) is 0 Å². The number of benzene rings is 1. The molecule has 0 radical (unpaired) electrons. The van der Waals surface area contributed by atoms with Crippen molar-refractivity contribution < 1.29 is 4.52 Å². The molecule has 0 bridgehead atoms. The van der Waals surface area contributed by atoms with Gasteiger partial charge in [-0.1, -0.05) is 49.7 Å². The lowest BCUT2D eigenvalue weighted by atomic mass is 9.96. The lowest BCUT2D eigenvalue weighted by Crippen LogP contribution is -2.41. The number of nitrogens with one attached hydrogen (secondary N) is 2. The predicted molar refractivity (Wildman–Crippen MR) is 124 cm³/mol. The summed E-state index contributed by atoms with van der Waals surface area (Å²) in [6.07, 6.45) is 2.30. The van der Waals surface area contributed by atoms with E-state index < -0.39 is 0 Å². The van der Waals surface area contributed by atoms with Crippen LogP contribution in [0, 0.1) is 0 Å². The smallest absolute Gasteiger partial charge is 0.232 e. The third kappa shape index (κ3) is 5.83. The normalized spacial score (nSPS) is 15.7. The number of guanidine groups is 1. The van der Waals surface area contributed by atoms with Crippen molar-refractivity contribution >= 4 is 41.5 Å². The van der Waals surface area contributed by atoms with Gasteiger partial charge >= 0.3 is 0 Å². The van der Waals surface area contributed by atoms with E-state index in [1.54, 1.807) is 0 Å². The molecule has 8 heteroatoms. The largest absolute Gasteiger partial charge is 0.357 e. The zero-order chi connectivity index (χ0) is 19.5. The summed E-state index contributed by atoms with van der Waals surface area (Å²) in [5.74, 6) is 1.98. The van der Waals surface area contributed by atoms with E-state index in [9.17, 15) is 0 Å². The first-order valence-electron chi connectivity index (χ1n) is 9.44. The molecular weight excluding hydrogens is 489 g/mol. The maximum absolute atomic E-state index is 6.16. The van der Waals surface area contributed by atoms with Crippen LogP contribution in [0.5, 0.6) is 0 Å². The van der Waals surface area contributed by atoms with Gasteiger partial charge in [-0.15, -0.1) is 24.0 Å². The lowest BCUT2D eigenvalue weighted by Gasteiger charge is -2.19. The summed E-state index contributed by atoms with van der Waals surface area (Å²) < 4.78 is 5.33. The van der Waals surface area contributed by atoms with Gasteiger partial charge in [0.25, 0.3) is 0 Å². The van der Waals surface area contributed by atoms with Crippen molar-refractivity contribution in [1.29, 1.82) is 0 Å². The van der Waals surface area contributed by atoms with E-state index in [1.807, 2.05) is 39.8 Å². The van der Waals surface area contributed by atoms with Crippen LogP contribution in [-0.4, -0.2) is 29.2 Å². The summed E-state index contributed by atoms with van der Waals surface area (Å²) >= 11 is 6.16. The maximum atomic E-state index is 6.16. The molecule has 0 spiro atoms. The van der Waals surface area contributed by atoms with Gasteiger partial charge in [-0.25, -0.2) is 4.99 Å². The highest BCUT2D eigenvalue weighted by Gasteiger charge is 2.44. The molecule has 1 aliphatic carbocycles. The van der Waals surface area contributed by atoms with Crippen LogP contribution >= 0.6 is 35.6 Å². The number of hydrogen-bond donors (Lipinski definition) is 2. The van der Waals surface area contributed by atoms with Crippen molar-refractivity contribution in [1.82, 2.24) is 20.8 Å². The Hall–Kier alpha value is -1.35. The fourth-order valence-corrected chi connectivity index (χ4v) is 3.09. The third-order valence-corrected chi connectivity index (χ3v) is 4.95. The first-order chi connectivity index (χ1) is 12.8. The van der Waals surface area contributed by atoms with E-state index >= 15 is 0 Å². The van der Waals surface area contributed by atoms with Gasteiger partial charge in [-0.05, 0) is 37.5 Å². The van der Waals surface area contributed by atoms with E-state index in [0.29, 0.717) is 18.3 Å². The van der Waals surface area contributed by atoms with Gasteiger partial charge in [0.05, 0.1) is 0 Å². The molecule has 3 rings (SSSR count). The molecule has 0 atom stereocenters. The van der Waals surface area contributed by atoms with Crippen molar-refractivity contribution in [3.63, 3.8) is 0 Å². The molecule has 0 saturated heterocycles. The maximum Gasteiger partial charge on any atom is 0.232 e. The van der Waals surface area contributed by atoms with Gasteiger partial charge in [0.1, 0.15) is 6.54 Å². The highest BCUT2D eigenvalue weighted by atomic mass is 127. The summed E-state index contributed by atoms with van der Waals surface area (Å²) in [6, 6.07) is 8.14. The van der Waals surface area contributed by atoms with Crippen LogP contribution in [0.2, 0.25) is 5.02 Å². The Balaban J connectivity index is 0.00000280. The highest BCUT2D eigenvalue weighted by Crippen LogP contribution is 2.48. The van der Waals surface area contributed by atoms with Gasteiger partial charge in [0, 0.05) is 28.9 Å². The molecular formula is C20H29ClIN5O. The van der Waals surface area contributed by atoms with Crippen LogP contribution in [0.1, 0.15) is 57.8 Å². The van der Waals surface area contributed by atoms with Crippen molar-refractivity contribution in [3.05, 3.63) is 46.6 Å². The minimum atomic E-state index is -0.160. The molecule has 0 unspecified atom stereocenters. The van der Waals surface area contributed by atoms with Crippen LogP contribution in [0.15, 0.2) is 33.8 Å². The first-order valence-corrected chi connectivity index (χ1v) is 9.81. The zero-order valence-corrected chi connectivity index (χ0v) is 20.0. The number of hydrogen-bond acceptors (Lipinski definition) is 4. The standard InChI is InChI=1S/C20H28ClN5O.HI/c1-5-22-18(23-12-16-25-17(27-26-16)19(2,3)4)24-13-20(9-10-20)14-7-6-8-15(21)11-14;/h6-8,11H,5,9-10,12-13H2,1-4H3,(H2,22,23,24);1H. The van der Waals surface area contributed by atoms with Crippen LogP contribution in [0.3, 0.4) is 0 Å². The number of rotatable bonds is 6. The lowest BCUT2D eigenvalue weighted by molar-refractivity contribution is 0.318. The zero-order valence-electron chi connectivity index (χ0n) is 16.9. The Morgan fingerprint density at radius 3 is 2.61 bits per heavy atom. The molecule has 1 aromatic carbocycles. The van der Waals surface area contributed by atoms with Gasteiger partial charge in [0.15, 0.2) is 11.8 Å². The summed E-state index contributed by atoms with van der Waals surface area (Å²) in [5.41, 5.74) is 1.27. The minimum Gasteiger partial charge on any atom is -0.357 e. The van der Waals surface area contributed by atoms with Crippen molar-refractivity contribution in [2.45, 2.75) is 57.9 Å². The minimum absolute atomic E-state index is 0. The molecule has 1 aromatic heterocycles. The van der Waals surface area contributed by atoms with Crippen LogP contribution in [0.25, 0.3) is 0 Å². The molecule has 1 saturated carbocycles. The molecule has 2 N–H and O–H groups in total. The summed E-state index contributed by atoms with van der Waals surface area (Å²) in [5, 5.41) is 11.6. The number of aliphatic imine (C=N–C) groups is 1. The number of aromatic nitrogens is 2. The molecule has 1 heterocycles. The Morgan fingerprint density at radius 2 is 2.04 bits per heavy atom. The SMILES string of the molecule is CCNC(=NCc1noc(C(C)(C)C)n1)NCC1(c2cccc(Cl)c2)CC1.I. The van der Waals surface area contributed by atoms with E-state index in [4.69, 9.17) is 16.1 Å². The van der Waals surface area contributed by atoms with E-state index in [0.717, 1.165) is 36.9 Å². The van der Waals surface area contributed by atoms with Gasteiger partial charge < -0.3 is 15.2 Å². The molecule has 1 fully saturated rings. The third-order valence-electron chi connectivity index (χ3n) is 4.72. The fourth-order valence-electron chi connectivity index (χ4n) is 2.90. The topological polar surface area (TPSA) is 75.3 Å². The van der Waals surface area contributed by atoms with Crippen LogP contribution in [-0.2, 0) is 17.4 Å². The Bertz CT molecular complexity index is 811. The van der Waals surface area contributed by atoms with Crippen molar-refractivity contribution in [2.24, 2.45) is 4.99 Å². The number of halogens is 2. The summed E-state index contributed by atoms with van der Waals surface area (Å²) in [4.78, 5) is 9.04. The van der Waals surface area contributed by atoms with Gasteiger partial charge in [0.2, 0.25) is 5.89 Å². The molecule has 28 heavy (non-hydrogen) atoms. The second-order valence-electron chi connectivity index (χ2n) is 8.11. The molecule has 2 aromatic rings. The van der Waals surface area contributed by atoms with Crippen LogP contribution < -0.4 is 10.6 Å². The second kappa shape index (κ2) is 9.43. The average Bonchev–Trinajstić information content (AvgIpc) is 3.25. The van der Waals surface area contributed by atoms with E-state index in [1.165, 1.54) is 5.56 Å². The monoisotopic (exact) mass is 517 g/mol. The molecule has 0 amide bonds. The molecule has 1 aliphatic rings. The van der Waals surface area contributed by atoms with Crippen molar-refractivity contribution in [2.75, 3.05) is 13.1 Å². The average molecular weight is 518 g/mol. The summed E-state index contributed by atoms with van der Waals surface area (Å²) in [7, 11) is 0. The Labute approximate surface area is 188 Å². The highest BCUT2D eigenvalue weighted by molar-refractivity contribution is 14.0. The predicted octanol–water partition coefficient (Wildman–Crippen LogP) is 4.43. The van der Waals surface area contributed by atoms with E-state index in [-0.39, 0.29) is 34.8 Å². The van der Waals surface area contributed by atoms with Crippen LogP contribution in [0.4, 0.5) is 0 Å². The molecule has 0 aliphatic heterocycles. The first kappa shape index (κ1) is 22.9. The Morgan fingerprint density at radius 1 is 1.29 bits per heavy atom. The van der Waals surface area contributed by atoms with Gasteiger partial charge in [-0.2, -0.15) is 4.98 Å². The second-order valence-corrected chi connectivity index (χ2v) is 8.54. The molecule has 6 nitrogen and oxygen atoms in total. The molecule has 154 valence electrons. The fraction of sp³-hybridized carbons (Fsp3) is 0.550. The van der Waals surface area contributed by atoms with E-state index in [2.05, 4.69) is 37.9 Å². The Kier molecular flexibility index (Phi) is 7.73. The summed E-state index contributed by atoms with van der Waals surface area (Å²) in [6.45, 7) is 10.2. The number of nitrogens with zero attached hydrogens (tertiary/aromatic N) is 3. The quantitative estimate of drug-likeness (QED) is 0.337. The van der Waals surface area contributed by atoms with Crippen molar-refractivity contribution in [3.8, 4) is 0 Å².